The summed E-state index contributed by atoms with van der Waals surface area (Å²) in [5.41, 5.74) is 1.04. The van der Waals surface area contributed by atoms with Gasteiger partial charge in [0.2, 0.25) is 0 Å². The van der Waals surface area contributed by atoms with E-state index in [4.69, 9.17) is 9.31 Å². The molecule has 70 valence electrons. The predicted octanol–water partition coefficient (Wildman–Crippen LogP) is 1.40. The smallest absolute Gasteiger partial charge is 0.410 e. The van der Waals surface area contributed by atoms with Crippen LogP contribution < -0.4 is 5.46 Å². The van der Waals surface area contributed by atoms with Crippen LogP contribution in [-0.4, -0.2) is 27.6 Å². The normalized spacial score (nSPS) is 10.1. The maximum Gasteiger partial charge on any atom is 0.493 e. The van der Waals surface area contributed by atoms with Gasteiger partial charge < -0.3 is 9.31 Å². The summed E-state index contributed by atoms with van der Waals surface area (Å²) < 4.78 is 10.3. The van der Waals surface area contributed by atoms with Crippen molar-refractivity contribution in [2.75, 3.05) is 20.5 Å². The molecule has 0 aromatic heterocycles. The van der Waals surface area contributed by atoms with Crippen molar-refractivity contribution >= 4 is 24.3 Å². The van der Waals surface area contributed by atoms with Gasteiger partial charge in [-0.3, -0.25) is 0 Å². The van der Waals surface area contributed by atoms with Crippen LogP contribution in [0.2, 0.25) is 0 Å². The lowest BCUT2D eigenvalue weighted by molar-refractivity contribution is 0.292. The summed E-state index contributed by atoms with van der Waals surface area (Å²) in [4.78, 5) is 1.25. The van der Waals surface area contributed by atoms with Gasteiger partial charge in [-0.25, -0.2) is 0 Å². The van der Waals surface area contributed by atoms with Gasteiger partial charge in [0, 0.05) is 19.1 Å². The molecule has 0 N–H and O–H groups in total. The van der Waals surface area contributed by atoms with E-state index in [1.54, 1.807) is 26.0 Å². The minimum absolute atomic E-state index is 0.254. The Morgan fingerprint density at radius 3 is 2.00 bits per heavy atom. The van der Waals surface area contributed by atoms with Crippen molar-refractivity contribution in [1.82, 2.24) is 0 Å². The molecule has 0 saturated heterocycles. The largest absolute Gasteiger partial charge is 0.493 e. The number of benzene rings is 1. The van der Waals surface area contributed by atoms with Crippen LogP contribution in [0.5, 0.6) is 0 Å². The van der Waals surface area contributed by atoms with Gasteiger partial charge in [-0.1, -0.05) is 12.1 Å². The highest BCUT2D eigenvalue weighted by molar-refractivity contribution is 7.98. The van der Waals surface area contributed by atoms with Crippen molar-refractivity contribution in [1.29, 1.82) is 0 Å². The van der Waals surface area contributed by atoms with Crippen molar-refractivity contribution in [3.05, 3.63) is 24.3 Å². The standard InChI is InChI=1S/C9H13BO2S/c1-11-10(12-2)8-4-6-9(13-3)7-5-8/h4-7H,1-3H3. The molecular formula is C9H13BO2S. The zero-order valence-electron chi connectivity index (χ0n) is 8.11. The Bertz CT molecular complexity index is 246. The molecule has 0 aliphatic heterocycles. The molecular weight excluding hydrogens is 183 g/mol. The third-order valence-electron chi connectivity index (χ3n) is 1.82. The molecule has 0 saturated carbocycles. The van der Waals surface area contributed by atoms with Crippen LogP contribution in [0, 0.1) is 0 Å². The minimum atomic E-state index is -0.254. The number of rotatable bonds is 4. The van der Waals surface area contributed by atoms with E-state index in [0.29, 0.717) is 0 Å². The third-order valence-corrected chi connectivity index (χ3v) is 2.56. The van der Waals surface area contributed by atoms with Gasteiger partial charge in [-0.2, -0.15) is 0 Å². The molecule has 13 heavy (non-hydrogen) atoms. The second-order valence-corrected chi connectivity index (χ2v) is 3.46. The van der Waals surface area contributed by atoms with E-state index in [2.05, 4.69) is 18.4 Å². The van der Waals surface area contributed by atoms with Gasteiger partial charge in [-0.15, -0.1) is 11.8 Å². The van der Waals surface area contributed by atoms with Crippen LogP contribution in [0.15, 0.2) is 29.2 Å². The van der Waals surface area contributed by atoms with E-state index >= 15 is 0 Å². The molecule has 0 radical (unpaired) electrons. The molecule has 0 bridgehead atoms. The summed E-state index contributed by atoms with van der Waals surface area (Å²) in [5.74, 6) is 0. The summed E-state index contributed by atoms with van der Waals surface area (Å²) >= 11 is 1.72. The molecule has 0 unspecified atom stereocenters. The van der Waals surface area contributed by atoms with Crippen LogP contribution in [0.25, 0.3) is 0 Å². The Labute approximate surface area is 83.8 Å². The van der Waals surface area contributed by atoms with Crippen molar-refractivity contribution in [3.63, 3.8) is 0 Å². The summed E-state index contributed by atoms with van der Waals surface area (Å²) in [6.45, 7) is 0. The molecule has 0 aliphatic carbocycles. The fraction of sp³-hybridized carbons (Fsp3) is 0.333. The second kappa shape index (κ2) is 5.32. The molecule has 0 heterocycles. The highest BCUT2D eigenvalue weighted by Gasteiger charge is 2.16. The molecule has 0 atom stereocenters. The zero-order chi connectivity index (χ0) is 9.68. The molecule has 1 aromatic rings. The average molecular weight is 196 g/mol. The molecule has 0 aliphatic rings. The van der Waals surface area contributed by atoms with E-state index in [9.17, 15) is 0 Å². The van der Waals surface area contributed by atoms with Gasteiger partial charge in [0.15, 0.2) is 0 Å². The van der Waals surface area contributed by atoms with Crippen LogP contribution in [0.1, 0.15) is 0 Å². The fourth-order valence-electron chi connectivity index (χ4n) is 1.13. The third kappa shape index (κ3) is 2.76. The van der Waals surface area contributed by atoms with Gasteiger partial charge in [0.05, 0.1) is 0 Å². The summed E-state index contributed by atoms with van der Waals surface area (Å²) in [5, 5.41) is 0. The Hall–Kier alpha value is -0.445. The van der Waals surface area contributed by atoms with E-state index in [-0.39, 0.29) is 7.12 Å². The van der Waals surface area contributed by atoms with Crippen LogP contribution in [0.3, 0.4) is 0 Å². The Morgan fingerprint density at radius 2 is 1.62 bits per heavy atom. The van der Waals surface area contributed by atoms with E-state index < -0.39 is 0 Å². The second-order valence-electron chi connectivity index (χ2n) is 2.58. The molecule has 1 rings (SSSR count). The first-order valence-corrected chi connectivity index (χ1v) is 5.24. The van der Waals surface area contributed by atoms with Gasteiger partial charge in [0.25, 0.3) is 0 Å². The van der Waals surface area contributed by atoms with E-state index in [0.717, 1.165) is 5.46 Å². The Balaban J connectivity index is 2.78. The van der Waals surface area contributed by atoms with Crippen LogP contribution >= 0.6 is 11.8 Å². The van der Waals surface area contributed by atoms with Crippen molar-refractivity contribution in [2.45, 2.75) is 4.90 Å². The van der Waals surface area contributed by atoms with Crippen molar-refractivity contribution < 1.29 is 9.31 Å². The van der Waals surface area contributed by atoms with E-state index in [1.165, 1.54) is 4.90 Å². The summed E-state index contributed by atoms with van der Waals surface area (Å²) in [7, 11) is 3.02. The zero-order valence-corrected chi connectivity index (χ0v) is 8.93. The Morgan fingerprint density at radius 1 is 1.08 bits per heavy atom. The Kier molecular flexibility index (Phi) is 4.35. The van der Waals surface area contributed by atoms with Crippen LogP contribution in [-0.2, 0) is 9.31 Å². The highest BCUT2D eigenvalue weighted by atomic mass is 32.2. The molecule has 0 spiro atoms. The van der Waals surface area contributed by atoms with Gasteiger partial charge in [0.1, 0.15) is 0 Å². The lowest BCUT2D eigenvalue weighted by Gasteiger charge is -2.08. The van der Waals surface area contributed by atoms with E-state index in [1.807, 2.05) is 12.1 Å². The maximum atomic E-state index is 5.13. The summed E-state index contributed by atoms with van der Waals surface area (Å²) in [6.07, 6.45) is 2.05. The maximum absolute atomic E-state index is 5.13. The first-order valence-electron chi connectivity index (χ1n) is 4.01. The summed E-state index contributed by atoms with van der Waals surface area (Å²) in [6, 6.07) is 8.16. The molecule has 0 fully saturated rings. The highest BCUT2D eigenvalue weighted by Crippen LogP contribution is 2.11. The molecule has 4 heteroatoms. The lowest BCUT2D eigenvalue weighted by atomic mass is 9.79. The van der Waals surface area contributed by atoms with Crippen molar-refractivity contribution in [3.8, 4) is 0 Å². The quantitative estimate of drug-likeness (QED) is 0.535. The number of hydrogen-bond donors (Lipinski definition) is 0. The molecule has 1 aromatic carbocycles. The van der Waals surface area contributed by atoms with Gasteiger partial charge >= 0.3 is 7.12 Å². The predicted molar refractivity (Wildman–Crippen MR) is 57.6 cm³/mol. The first-order chi connectivity index (χ1) is 6.31. The van der Waals surface area contributed by atoms with Crippen molar-refractivity contribution in [2.24, 2.45) is 0 Å². The van der Waals surface area contributed by atoms with Crippen LogP contribution in [0.4, 0.5) is 0 Å². The SMILES string of the molecule is COB(OC)c1ccc(SC)cc1. The lowest BCUT2D eigenvalue weighted by Crippen LogP contribution is -2.34. The molecule has 2 nitrogen and oxygen atoms in total. The van der Waals surface area contributed by atoms with Gasteiger partial charge in [-0.05, 0) is 23.9 Å². The fourth-order valence-corrected chi connectivity index (χ4v) is 1.54. The molecule has 0 amide bonds. The topological polar surface area (TPSA) is 18.5 Å². The monoisotopic (exact) mass is 196 g/mol. The number of hydrogen-bond acceptors (Lipinski definition) is 3. The first kappa shape index (κ1) is 10.6. The average Bonchev–Trinajstić information content (AvgIpc) is 2.21. The minimum Gasteiger partial charge on any atom is -0.410 e. The number of thioether (sulfide) groups is 1.